The second-order valence-electron chi connectivity index (χ2n) is 3.99. The van der Waals surface area contributed by atoms with Crippen LogP contribution in [0.15, 0.2) is 36.4 Å². The van der Waals surface area contributed by atoms with Gasteiger partial charge >= 0.3 is 5.97 Å². The van der Waals surface area contributed by atoms with E-state index in [-0.39, 0.29) is 5.69 Å². The van der Waals surface area contributed by atoms with E-state index < -0.39 is 23.5 Å². The molecule has 1 heterocycles. The fourth-order valence-electron chi connectivity index (χ4n) is 1.54. The van der Waals surface area contributed by atoms with E-state index in [1.165, 1.54) is 12.1 Å². The van der Waals surface area contributed by atoms with Gasteiger partial charge in [0.05, 0.1) is 4.88 Å². The van der Waals surface area contributed by atoms with E-state index in [0.717, 1.165) is 29.5 Å². The number of hydrogen-bond donors (Lipinski definition) is 2. The zero-order chi connectivity index (χ0) is 15.4. The largest absolute Gasteiger partial charge is 0.478 e. The smallest absolute Gasteiger partial charge is 0.328 e. The number of anilines is 1. The van der Waals surface area contributed by atoms with Gasteiger partial charge < -0.3 is 10.4 Å². The Morgan fingerprint density at radius 3 is 2.43 bits per heavy atom. The van der Waals surface area contributed by atoms with Gasteiger partial charge in [-0.3, -0.25) is 4.79 Å². The minimum absolute atomic E-state index is 0.00790. The van der Waals surface area contributed by atoms with Gasteiger partial charge in [0.25, 0.3) is 5.91 Å². The van der Waals surface area contributed by atoms with Gasteiger partial charge in [0, 0.05) is 22.7 Å². The quantitative estimate of drug-likeness (QED) is 0.851. The van der Waals surface area contributed by atoms with Crippen LogP contribution in [0.3, 0.4) is 0 Å². The van der Waals surface area contributed by atoms with Crippen molar-refractivity contribution in [2.24, 2.45) is 0 Å². The van der Waals surface area contributed by atoms with Crippen molar-refractivity contribution < 1.29 is 23.5 Å². The molecule has 0 unspecified atom stereocenters. The maximum Gasteiger partial charge on any atom is 0.328 e. The van der Waals surface area contributed by atoms with Gasteiger partial charge in [-0.2, -0.15) is 0 Å². The highest BCUT2D eigenvalue weighted by Gasteiger charge is 2.10. The second-order valence-corrected chi connectivity index (χ2v) is 5.10. The van der Waals surface area contributed by atoms with Gasteiger partial charge in [-0.15, -0.1) is 11.3 Å². The summed E-state index contributed by atoms with van der Waals surface area (Å²) in [5.41, 5.74) is 0.00790. The summed E-state index contributed by atoms with van der Waals surface area (Å²) in [7, 11) is 0. The molecule has 0 aliphatic heterocycles. The van der Waals surface area contributed by atoms with Crippen molar-refractivity contribution >= 4 is 35.0 Å². The molecule has 0 saturated carbocycles. The highest BCUT2D eigenvalue weighted by Crippen LogP contribution is 2.20. The molecule has 1 aromatic heterocycles. The molecule has 2 N–H and O–H groups in total. The normalized spacial score (nSPS) is 10.8. The lowest BCUT2D eigenvalue weighted by atomic mass is 10.3. The second kappa shape index (κ2) is 6.27. The third-order valence-electron chi connectivity index (χ3n) is 2.36. The van der Waals surface area contributed by atoms with Crippen LogP contribution in [0, 0.1) is 11.6 Å². The van der Waals surface area contributed by atoms with Crippen LogP contribution in [-0.4, -0.2) is 17.0 Å². The molecule has 7 heteroatoms. The van der Waals surface area contributed by atoms with Crippen molar-refractivity contribution in [2.75, 3.05) is 5.32 Å². The Hall–Kier alpha value is -2.54. The van der Waals surface area contributed by atoms with E-state index in [1.807, 2.05) is 0 Å². The molecule has 0 radical (unpaired) electrons. The van der Waals surface area contributed by atoms with Crippen LogP contribution in [0.2, 0.25) is 0 Å². The average molecular weight is 309 g/mol. The third-order valence-corrected chi connectivity index (χ3v) is 3.41. The van der Waals surface area contributed by atoms with Crippen LogP contribution in [0.4, 0.5) is 14.5 Å². The van der Waals surface area contributed by atoms with Crippen molar-refractivity contribution in [3.63, 3.8) is 0 Å². The molecule has 1 amide bonds. The van der Waals surface area contributed by atoms with Crippen molar-refractivity contribution in [3.05, 3.63) is 57.8 Å². The fourth-order valence-corrected chi connectivity index (χ4v) is 2.34. The van der Waals surface area contributed by atoms with E-state index in [2.05, 4.69) is 5.32 Å². The first-order valence-corrected chi connectivity index (χ1v) is 6.54. The highest BCUT2D eigenvalue weighted by atomic mass is 32.1. The summed E-state index contributed by atoms with van der Waals surface area (Å²) < 4.78 is 26.0. The molecule has 0 atom stereocenters. The molecule has 0 spiro atoms. The van der Waals surface area contributed by atoms with E-state index in [9.17, 15) is 18.4 Å². The number of aliphatic carboxylic acids is 1. The van der Waals surface area contributed by atoms with Crippen LogP contribution < -0.4 is 5.32 Å². The van der Waals surface area contributed by atoms with Crippen molar-refractivity contribution in [2.45, 2.75) is 0 Å². The number of hydrogen-bond acceptors (Lipinski definition) is 3. The first-order valence-electron chi connectivity index (χ1n) is 5.72. The number of rotatable bonds is 4. The molecule has 0 fully saturated rings. The molecule has 4 nitrogen and oxygen atoms in total. The Morgan fingerprint density at radius 2 is 1.81 bits per heavy atom. The van der Waals surface area contributed by atoms with Crippen molar-refractivity contribution in [1.29, 1.82) is 0 Å². The number of thiophene rings is 1. The maximum atomic E-state index is 13.0. The Bertz CT molecular complexity index is 705. The summed E-state index contributed by atoms with van der Waals surface area (Å²) in [5.74, 6) is -3.20. The standard InChI is InChI=1S/C14H9F2NO3S/c15-8-5-9(16)7-10(6-8)17-14(20)12-3-1-11(21-12)2-4-13(18)19/h1-7H,(H,17,20)(H,18,19). The predicted octanol–water partition coefficient (Wildman–Crippen LogP) is 3.38. The minimum Gasteiger partial charge on any atom is -0.478 e. The van der Waals surface area contributed by atoms with E-state index in [4.69, 9.17) is 5.11 Å². The number of benzene rings is 1. The number of carboxylic acids is 1. The summed E-state index contributed by atoms with van der Waals surface area (Å²) in [6.07, 6.45) is 2.31. The average Bonchev–Trinajstić information content (AvgIpc) is 2.83. The molecule has 0 aliphatic rings. The van der Waals surface area contributed by atoms with E-state index in [0.29, 0.717) is 15.8 Å². The number of halogens is 2. The molecule has 0 aliphatic carbocycles. The van der Waals surface area contributed by atoms with Crippen molar-refractivity contribution in [1.82, 2.24) is 0 Å². The Balaban J connectivity index is 2.11. The van der Waals surface area contributed by atoms with Crippen LogP contribution >= 0.6 is 11.3 Å². The number of carbonyl (C=O) groups excluding carboxylic acids is 1. The Kier molecular flexibility index (Phi) is 4.44. The minimum atomic E-state index is -1.09. The van der Waals surface area contributed by atoms with Crippen LogP contribution in [-0.2, 0) is 4.79 Å². The molecule has 2 rings (SSSR count). The number of carboxylic acid groups (broad SMARTS) is 1. The predicted molar refractivity (Wildman–Crippen MR) is 75.3 cm³/mol. The number of nitrogens with one attached hydrogen (secondary N) is 1. The Labute approximate surface area is 122 Å². The molecular weight excluding hydrogens is 300 g/mol. The summed E-state index contributed by atoms with van der Waals surface area (Å²) in [4.78, 5) is 23.2. The molecule has 0 saturated heterocycles. The lowest BCUT2D eigenvalue weighted by Gasteiger charge is -2.03. The number of amides is 1. The first-order chi connectivity index (χ1) is 9.94. The molecule has 21 heavy (non-hydrogen) atoms. The van der Waals surface area contributed by atoms with Crippen LogP contribution in [0.5, 0.6) is 0 Å². The summed E-state index contributed by atoms with van der Waals surface area (Å²) in [6, 6.07) is 5.78. The van der Waals surface area contributed by atoms with Gasteiger partial charge in [-0.05, 0) is 30.3 Å². The highest BCUT2D eigenvalue weighted by molar-refractivity contribution is 7.15. The lowest BCUT2D eigenvalue weighted by molar-refractivity contribution is -0.131. The van der Waals surface area contributed by atoms with E-state index in [1.54, 1.807) is 6.07 Å². The summed E-state index contributed by atoms with van der Waals surface area (Å²) in [6.45, 7) is 0. The number of carbonyl (C=O) groups is 2. The molecule has 2 aromatic rings. The SMILES string of the molecule is O=C(O)C=Cc1ccc(C(=O)Nc2cc(F)cc(F)c2)s1. The maximum absolute atomic E-state index is 13.0. The summed E-state index contributed by atoms with van der Waals surface area (Å²) >= 11 is 1.06. The molecular formula is C14H9F2NO3S. The van der Waals surface area contributed by atoms with Crippen LogP contribution in [0.25, 0.3) is 6.08 Å². The van der Waals surface area contributed by atoms with Crippen molar-refractivity contribution in [3.8, 4) is 0 Å². The zero-order valence-corrected chi connectivity index (χ0v) is 11.3. The monoisotopic (exact) mass is 309 g/mol. The topological polar surface area (TPSA) is 66.4 Å². The van der Waals surface area contributed by atoms with Gasteiger partial charge in [-0.1, -0.05) is 0 Å². The van der Waals surface area contributed by atoms with E-state index >= 15 is 0 Å². The first kappa shape index (κ1) is 14.9. The third kappa shape index (κ3) is 4.22. The van der Waals surface area contributed by atoms with Gasteiger partial charge in [-0.25, -0.2) is 13.6 Å². The van der Waals surface area contributed by atoms with Gasteiger partial charge in [0.15, 0.2) is 0 Å². The Morgan fingerprint density at radius 1 is 1.14 bits per heavy atom. The van der Waals surface area contributed by atoms with Crippen LogP contribution in [0.1, 0.15) is 14.5 Å². The zero-order valence-electron chi connectivity index (χ0n) is 10.5. The van der Waals surface area contributed by atoms with Gasteiger partial charge in [0.1, 0.15) is 11.6 Å². The fraction of sp³-hybridized carbons (Fsp3) is 0. The van der Waals surface area contributed by atoms with Gasteiger partial charge in [0.2, 0.25) is 0 Å². The molecule has 0 bridgehead atoms. The summed E-state index contributed by atoms with van der Waals surface area (Å²) in [5, 5.41) is 10.9. The molecule has 108 valence electrons. The molecule has 1 aromatic carbocycles. The lowest BCUT2D eigenvalue weighted by Crippen LogP contribution is -2.10.